The summed E-state index contributed by atoms with van der Waals surface area (Å²) >= 11 is 0. The summed E-state index contributed by atoms with van der Waals surface area (Å²) in [6.07, 6.45) is 0. The molecule has 2 aromatic heterocycles. The molecule has 0 amide bonds. The standard InChI is InChI=1S/C32H18N6O10/c1-3-43-31(41)15-7-21-25(39)22(8-15)46-28-18(12-34)6-20(14-36)30(38-28)48-24-10-16(32(42)44-4-2)9-23(26(24)40)47-29-19(13-35)5-17(11-33)27(37-29)45-21/h5-10,39-40H,3-4H2,1-2H3. The highest BCUT2D eigenvalue weighted by Gasteiger charge is 2.27. The zero-order chi connectivity index (χ0) is 34.5. The minimum Gasteiger partial charge on any atom is -0.502 e. The maximum absolute atomic E-state index is 12.7. The summed E-state index contributed by atoms with van der Waals surface area (Å²) in [5.74, 6) is -7.39. The van der Waals surface area contributed by atoms with Crippen molar-refractivity contribution in [3.05, 3.63) is 69.8 Å². The van der Waals surface area contributed by atoms with Gasteiger partial charge in [0.2, 0.25) is 35.0 Å². The lowest BCUT2D eigenvalue weighted by Crippen LogP contribution is -2.07. The maximum Gasteiger partial charge on any atom is 0.338 e. The second-order valence-corrected chi connectivity index (χ2v) is 9.33. The van der Waals surface area contributed by atoms with Gasteiger partial charge in [-0.1, -0.05) is 0 Å². The van der Waals surface area contributed by atoms with Crippen molar-refractivity contribution in [3.63, 3.8) is 0 Å². The molecule has 0 unspecified atom stereocenters. The minimum absolute atomic E-state index is 0.0239. The van der Waals surface area contributed by atoms with Crippen LogP contribution in [0.2, 0.25) is 0 Å². The van der Waals surface area contributed by atoms with Crippen molar-refractivity contribution in [1.29, 1.82) is 21.0 Å². The molecule has 4 aromatic rings. The third-order valence-electron chi connectivity index (χ3n) is 6.32. The van der Waals surface area contributed by atoms with Crippen LogP contribution in [0.1, 0.15) is 56.8 Å². The van der Waals surface area contributed by atoms with Gasteiger partial charge in [-0.3, -0.25) is 0 Å². The Balaban J connectivity index is 1.85. The van der Waals surface area contributed by atoms with E-state index in [1.165, 1.54) is 0 Å². The van der Waals surface area contributed by atoms with Gasteiger partial charge in [-0.15, -0.1) is 0 Å². The highest BCUT2D eigenvalue weighted by atomic mass is 16.5. The number of aromatic nitrogens is 2. The van der Waals surface area contributed by atoms with Crippen LogP contribution in [0.3, 0.4) is 0 Å². The number of fused-ring (bicyclic) bond motifs is 8. The topological polar surface area (TPSA) is 251 Å². The summed E-state index contributed by atoms with van der Waals surface area (Å²) in [6, 6.07) is 13.5. The lowest BCUT2D eigenvalue weighted by molar-refractivity contribution is 0.0516. The van der Waals surface area contributed by atoms with E-state index in [9.17, 15) is 40.8 Å². The van der Waals surface area contributed by atoms with Gasteiger partial charge >= 0.3 is 11.9 Å². The van der Waals surface area contributed by atoms with Crippen LogP contribution in [-0.4, -0.2) is 45.3 Å². The first kappa shape index (κ1) is 31.9. The van der Waals surface area contributed by atoms with E-state index >= 15 is 0 Å². The molecule has 1 aliphatic rings. The van der Waals surface area contributed by atoms with Gasteiger partial charge in [-0.25, -0.2) is 9.59 Å². The minimum atomic E-state index is -0.873. The normalized spacial score (nSPS) is 11.0. The predicted molar refractivity (Wildman–Crippen MR) is 156 cm³/mol. The smallest absolute Gasteiger partial charge is 0.338 e. The Kier molecular flexibility index (Phi) is 8.76. The summed E-state index contributed by atoms with van der Waals surface area (Å²) in [7, 11) is 0. The lowest BCUT2D eigenvalue weighted by Gasteiger charge is -2.18. The van der Waals surface area contributed by atoms with E-state index in [4.69, 9.17) is 28.4 Å². The monoisotopic (exact) mass is 646 g/mol. The number of rotatable bonds is 4. The van der Waals surface area contributed by atoms with Crippen LogP contribution in [0.25, 0.3) is 0 Å². The van der Waals surface area contributed by atoms with E-state index in [1.54, 1.807) is 38.1 Å². The molecule has 236 valence electrons. The van der Waals surface area contributed by atoms with Gasteiger partial charge in [0, 0.05) is 0 Å². The molecule has 0 radical (unpaired) electrons. The Morgan fingerprint density at radius 2 is 0.854 bits per heavy atom. The molecule has 5 rings (SSSR count). The first-order chi connectivity index (χ1) is 23.1. The van der Waals surface area contributed by atoms with Crippen molar-refractivity contribution in [2.45, 2.75) is 13.8 Å². The number of carbonyl (C=O) groups is 2. The quantitative estimate of drug-likeness (QED) is 0.238. The van der Waals surface area contributed by atoms with Gasteiger partial charge in [0.15, 0.2) is 23.0 Å². The van der Waals surface area contributed by atoms with E-state index in [0.717, 1.165) is 36.4 Å². The molecule has 0 saturated carbocycles. The van der Waals surface area contributed by atoms with Crippen molar-refractivity contribution < 1.29 is 48.2 Å². The summed E-state index contributed by atoms with van der Waals surface area (Å²) in [4.78, 5) is 33.7. The van der Waals surface area contributed by atoms with Crippen LogP contribution < -0.4 is 18.9 Å². The van der Waals surface area contributed by atoms with Gasteiger partial charge in [0.25, 0.3) is 0 Å². The summed E-state index contributed by atoms with van der Waals surface area (Å²) < 4.78 is 33.2. The van der Waals surface area contributed by atoms with E-state index < -0.39 is 70.0 Å². The van der Waals surface area contributed by atoms with E-state index in [0.29, 0.717) is 0 Å². The number of aromatic hydroxyl groups is 2. The first-order valence-electron chi connectivity index (χ1n) is 13.6. The third-order valence-corrected chi connectivity index (χ3v) is 6.32. The SMILES string of the molecule is CCOC(=O)c1cc2c(O)c(c1)Oc1nc(c(C#N)cc1C#N)Oc1cc(C(=O)OCC)cc(c1O)Oc1nc(c(C#N)cc1C#N)O2. The first-order valence-corrected chi connectivity index (χ1v) is 13.6. The molecule has 2 N–H and O–H groups in total. The molecule has 1 aliphatic heterocycles. The highest BCUT2D eigenvalue weighted by Crippen LogP contribution is 2.46. The Morgan fingerprint density at radius 1 is 0.583 bits per heavy atom. The zero-order valence-electron chi connectivity index (χ0n) is 24.7. The van der Waals surface area contributed by atoms with Crippen LogP contribution in [0, 0.1) is 45.3 Å². The highest BCUT2D eigenvalue weighted by molar-refractivity contribution is 5.92. The Morgan fingerprint density at radius 3 is 1.08 bits per heavy atom. The Labute approximate surface area is 270 Å². The van der Waals surface area contributed by atoms with Gasteiger partial charge in [0.1, 0.15) is 46.5 Å². The van der Waals surface area contributed by atoms with Crippen molar-refractivity contribution in [3.8, 4) is 82.3 Å². The number of carbonyl (C=O) groups excluding carboxylic acids is 2. The summed E-state index contributed by atoms with van der Waals surface area (Å²) in [5, 5.41) is 61.6. The molecular weight excluding hydrogens is 628 g/mol. The molecule has 16 nitrogen and oxygen atoms in total. The largest absolute Gasteiger partial charge is 0.502 e. The van der Waals surface area contributed by atoms with Gasteiger partial charge in [0.05, 0.1) is 24.3 Å². The maximum atomic E-state index is 12.7. The number of phenolic OH excluding ortho intramolecular Hbond substituents is 2. The van der Waals surface area contributed by atoms with Gasteiger partial charge in [-0.05, 0) is 50.2 Å². The molecule has 2 aromatic carbocycles. The lowest BCUT2D eigenvalue weighted by atomic mass is 10.1. The van der Waals surface area contributed by atoms with Crippen LogP contribution in [-0.2, 0) is 9.47 Å². The number of ether oxygens (including phenoxy) is 6. The fourth-order valence-electron chi connectivity index (χ4n) is 4.15. The summed E-state index contributed by atoms with van der Waals surface area (Å²) in [6.45, 7) is 3.07. The van der Waals surface area contributed by atoms with Crippen molar-refractivity contribution in [2.24, 2.45) is 0 Å². The molecule has 48 heavy (non-hydrogen) atoms. The van der Waals surface area contributed by atoms with Crippen LogP contribution in [0.15, 0.2) is 36.4 Å². The number of pyridine rings is 2. The van der Waals surface area contributed by atoms with Crippen LogP contribution in [0.5, 0.6) is 58.0 Å². The molecule has 0 aliphatic carbocycles. The molecule has 16 heteroatoms. The van der Waals surface area contributed by atoms with E-state index in [-0.39, 0.29) is 46.6 Å². The van der Waals surface area contributed by atoms with Crippen molar-refractivity contribution in [1.82, 2.24) is 9.97 Å². The molecule has 8 bridgehead atoms. The Hall–Kier alpha value is -7.56. The zero-order valence-corrected chi connectivity index (χ0v) is 24.7. The molecule has 0 fully saturated rings. The van der Waals surface area contributed by atoms with Gasteiger partial charge in [-0.2, -0.15) is 31.0 Å². The van der Waals surface area contributed by atoms with Crippen LogP contribution in [0.4, 0.5) is 0 Å². The molecule has 0 spiro atoms. The second kappa shape index (κ2) is 13.2. The number of nitrogens with zero attached hydrogens (tertiary/aromatic N) is 6. The third kappa shape index (κ3) is 6.04. The van der Waals surface area contributed by atoms with E-state index in [2.05, 4.69) is 9.97 Å². The fraction of sp³-hybridized carbons (Fsp3) is 0.125. The number of hydrogen-bond donors (Lipinski definition) is 2. The van der Waals surface area contributed by atoms with Crippen molar-refractivity contribution in [2.75, 3.05) is 13.2 Å². The molecule has 3 heterocycles. The number of hydrogen-bond acceptors (Lipinski definition) is 16. The molecule has 0 atom stereocenters. The van der Waals surface area contributed by atoms with Crippen molar-refractivity contribution >= 4 is 11.9 Å². The fourth-order valence-corrected chi connectivity index (χ4v) is 4.15. The van der Waals surface area contributed by atoms with Crippen LogP contribution >= 0.6 is 0 Å². The Bertz CT molecular complexity index is 1910. The molecule has 0 saturated heterocycles. The average Bonchev–Trinajstić information content (AvgIpc) is 3.08. The number of phenols is 2. The number of nitriles is 4. The second-order valence-electron chi connectivity index (χ2n) is 9.33. The number of benzene rings is 2. The van der Waals surface area contributed by atoms with Gasteiger partial charge < -0.3 is 38.6 Å². The number of esters is 2. The summed E-state index contributed by atoms with van der Waals surface area (Å²) in [5.41, 5.74) is -1.69. The molecular formula is C32H18N6O10. The van der Waals surface area contributed by atoms with E-state index in [1.807, 2.05) is 0 Å². The predicted octanol–water partition coefficient (Wildman–Crippen LogP) is 5.21. The average molecular weight is 647 g/mol.